The van der Waals surface area contributed by atoms with Gasteiger partial charge in [-0.3, -0.25) is 4.98 Å². The summed E-state index contributed by atoms with van der Waals surface area (Å²) in [5.74, 6) is -0.224. The van der Waals surface area contributed by atoms with E-state index in [1.807, 2.05) is 0 Å². The predicted molar refractivity (Wildman–Crippen MR) is 70.4 cm³/mol. The summed E-state index contributed by atoms with van der Waals surface area (Å²) < 4.78 is 37.0. The van der Waals surface area contributed by atoms with E-state index in [0.717, 1.165) is 30.4 Å². The van der Waals surface area contributed by atoms with Crippen molar-refractivity contribution in [2.75, 3.05) is 6.26 Å². The number of nitrogens with zero attached hydrogens (tertiary/aromatic N) is 2. The minimum atomic E-state index is -3.29. The van der Waals surface area contributed by atoms with Crippen LogP contribution in [-0.4, -0.2) is 24.6 Å². The topological polar surface area (TPSA) is 59.9 Å². The molecular formula is C12H11FN2O2S2. The molecule has 2 aromatic rings. The van der Waals surface area contributed by atoms with E-state index in [4.69, 9.17) is 0 Å². The number of sulfone groups is 1. The lowest BCUT2D eigenvalue weighted by Gasteiger charge is -1.95. The summed E-state index contributed by atoms with van der Waals surface area (Å²) in [4.78, 5) is 8.15. The fourth-order valence-corrected chi connectivity index (χ4v) is 4.15. The van der Waals surface area contributed by atoms with Crippen molar-refractivity contribution in [3.63, 3.8) is 0 Å². The Morgan fingerprint density at radius 2 is 2.11 bits per heavy atom. The maximum Gasteiger partial charge on any atom is 0.186 e. The smallest absolute Gasteiger partial charge is 0.186 e. The molecule has 1 aliphatic rings. The molecule has 2 heterocycles. The first-order valence-corrected chi connectivity index (χ1v) is 8.47. The molecule has 1 fully saturated rings. The van der Waals surface area contributed by atoms with Crippen molar-refractivity contribution < 1.29 is 12.8 Å². The maximum absolute atomic E-state index is 13.2. The highest BCUT2D eigenvalue weighted by Crippen LogP contribution is 2.45. The van der Waals surface area contributed by atoms with Crippen LogP contribution in [-0.2, 0) is 9.84 Å². The van der Waals surface area contributed by atoms with Crippen molar-refractivity contribution in [2.45, 2.75) is 23.0 Å². The van der Waals surface area contributed by atoms with Gasteiger partial charge in [0.15, 0.2) is 9.84 Å². The van der Waals surface area contributed by atoms with Gasteiger partial charge in [0.25, 0.3) is 0 Å². The maximum atomic E-state index is 13.2. The number of thiazole rings is 1. The van der Waals surface area contributed by atoms with Crippen LogP contribution in [0.3, 0.4) is 0 Å². The van der Waals surface area contributed by atoms with Gasteiger partial charge >= 0.3 is 0 Å². The van der Waals surface area contributed by atoms with Gasteiger partial charge in [0.1, 0.15) is 15.0 Å². The number of aromatic nitrogens is 2. The number of hydrogen-bond donors (Lipinski definition) is 0. The summed E-state index contributed by atoms with van der Waals surface area (Å²) in [6.07, 6.45) is 5.71. The molecule has 4 nitrogen and oxygen atoms in total. The Balaban J connectivity index is 2.14. The van der Waals surface area contributed by atoms with Crippen molar-refractivity contribution in [3.8, 4) is 10.6 Å². The average Bonchev–Trinajstić information content (AvgIpc) is 3.06. The third-order valence-corrected chi connectivity index (χ3v) is 5.83. The van der Waals surface area contributed by atoms with E-state index >= 15 is 0 Å². The van der Waals surface area contributed by atoms with E-state index in [2.05, 4.69) is 9.97 Å². The van der Waals surface area contributed by atoms with Gasteiger partial charge in [0.2, 0.25) is 0 Å². The lowest BCUT2D eigenvalue weighted by Crippen LogP contribution is -1.97. The fraction of sp³-hybridized carbons (Fsp3) is 0.333. The van der Waals surface area contributed by atoms with E-state index in [0.29, 0.717) is 20.5 Å². The molecule has 1 aliphatic carbocycles. The minimum Gasteiger partial charge on any atom is -0.261 e. The van der Waals surface area contributed by atoms with Gasteiger partial charge in [-0.15, -0.1) is 11.3 Å². The van der Waals surface area contributed by atoms with Crippen LogP contribution in [0.4, 0.5) is 4.39 Å². The van der Waals surface area contributed by atoms with Crippen LogP contribution in [0.15, 0.2) is 22.7 Å². The SMILES string of the molecule is CS(=O)(=O)c1sc(-c2cncc(F)c2)nc1C1CC1. The zero-order valence-corrected chi connectivity index (χ0v) is 11.8. The minimum absolute atomic E-state index is 0.233. The van der Waals surface area contributed by atoms with E-state index in [1.54, 1.807) is 0 Å². The van der Waals surface area contributed by atoms with E-state index in [1.165, 1.54) is 18.5 Å². The van der Waals surface area contributed by atoms with E-state index in [9.17, 15) is 12.8 Å². The zero-order valence-electron chi connectivity index (χ0n) is 10.1. The van der Waals surface area contributed by atoms with E-state index < -0.39 is 15.7 Å². The Kier molecular flexibility index (Phi) is 2.90. The molecule has 7 heteroatoms. The Labute approximate surface area is 114 Å². The van der Waals surface area contributed by atoms with Crippen LogP contribution < -0.4 is 0 Å². The van der Waals surface area contributed by atoms with Crippen molar-refractivity contribution in [1.82, 2.24) is 9.97 Å². The third kappa shape index (κ3) is 2.52. The van der Waals surface area contributed by atoms with Crippen molar-refractivity contribution in [1.29, 1.82) is 0 Å². The van der Waals surface area contributed by atoms with Crippen LogP contribution in [0.5, 0.6) is 0 Å². The molecule has 2 aromatic heterocycles. The predicted octanol–water partition coefficient (Wildman–Crippen LogP) is 2.63. The largest absolute Gasteiger partial charge is 0.261 e. The first kappa shape index (κ1) is 12.7. The van der Waals surface area contributed by atoms with Crippen LogP contribution in [0, 0.1) is 5.82 Å². The lowest BCUT2D eigenvalue weighted by atomic mass is 10.3. The Morgan fingerprint density at radius 1 is 1.37 bits per heavy atom. The molecule has 0 radical (unpaired) electrons. The molecule has 19 heavy (non-hydrogen) atoms. The first-order valence-electron chi connectivity index (χ1n) is 5.77. The zero-order chi connectivity index (χ0) is 13.6. The van der Waals surface area contributed by atoms with Crippen LogP contribution in [0.2, 0.25) is 0 Å². The molecule has 0 aliphatic heterocycles. The number of halogens is 1. The number of pyridine rings is 1. The highest BCUT2D eigenvalue weighted by atomic mass is 32.2. The second-order valence-corrected chi connectivity index (χ2v) is 7.84. The Bertz CT molecular complexity index is 736. The van der Waals surface area contributed by atoms with Gasteiger partial charge in [0.05, 0.1) is 11.9 Å². The van der Waals surface area contributed by atoms with Crippen LogP contribution in [0.25, 0.3) is 10.6 Å². The summed E-state index contributed by atoms with van der Waals surface area (Å²) in [6.45, 7) is 0. The second kappa shape index (κ2) is 4.35. The van der Waals surface area contributed by atoms with Crippen molar-refractivity contribution in [2.24, 2.45) is 0 Å². The summed E-state index contributed by atoms with van der Waals surface area (Å²) >= 11 is 1.09. The summed E-state index contributed by atoms with van der Waals surface area (Å²) in [7, 11) is -3.29. The quantitative estimate of drug-likeness (QED) is 0.874. The molecule has 3 rings (SSSR count). The standard InChI is InChI=1S/C12H11FN2O2S2/c1-19(16,17)12-10(7-2-3-7)15-11(18-12)8-4-9(13)6-14-5-8/h4-7H,2-3H2,1H3. The van der Waals surface area contributed by atoms with Crippen molar-refractivity contribution in [3.05, 3.63) is 30.0 Å². The molecule has 1 saturated carbocycles. The van der Waals surface area contributed by atoms with E-state index in [-0.39, 0.29) is 5.92 Å². The van der Waals surface area contributed by atoms with Crippen LogP contribution in [0.1, 0.15) is 24.5 Å². The molecule has 0 amide bonds. The second-order valence-electron chi connectivity index (χ2n) is 4.63. The highest BCUT2D eigenvalue weighted by molar-refractivity contribution is 7.92. The molecule has 100 valence electrons. The lowest BCUT2D eigenvalue weighted by molar-refractivity contribution is 0.602. The van der Waals surface area contributed by atoms with Gasteiger partial charge in [-0.25, -0.2) is 17.8 Å². The fourth-order valence-electron chi connectivity index (χ4n) is 1.85. The van der Waals surface area contributed by atoms with Gasteiger partial charge in [-0.2, -0.15) is 0 Å². The Morgan fingerprint density at radius 3 is 2.68 bits per heavy atom. The normalized spacial score (nSPS) is 15.7. The summed E-state index contributed by atoms with van der Waals surface area (Å²) in [5, 5.41) is 0.509. The monoisotopic (exact) mass is 298 g/mol. The van der Waals surface area contributed by atoms with Gasteiger partial charge in [-0.05, 0) is 18.9 Å². The van der Waals surface area contributed by atoms with Gasteiger partial charge in [-0.1, -0.05) is 0 Å². The summed E-state index contributed by atoms with van der Waals surface area (Å²) in [5.41, 5.74) is 1.15. The average molecular weight is 298 g/mol. The van der Waals surface area contributed by atoms with Crippen molar-refractivity contribution >= 4 is 21.2 Å². The molecule has 0 saturated heterocycles. The molecule has 0 N–H and O–H groups in total. The van der Waals surface area contributed by atoms with Gasteiger partial charge < -0.3 is 0 Å². The first-order chi connectivity index (χ1) is 8.95. The summed E-state index contributed by atoms with van der Waals surface area (Å²) in [6, 6.07) is 1.31. The highest BCUT2D eigenvalue weighted by Gasteiger charge is 2.33. The molecule has 0 unspecified atom stereocenters. The molecule has 0 atom stereocenters. The van der Waals surface area contributed by atoms with Gasteiger partial charge in [0, 0.05) is 23.9 Å². The molecule has 0 aromatic carbocycles. The Hall–Kier alpha value is -1.34. The third-order valence-electron chi connectivity index (χ3n) is 2.87. The molecule has 0 bridgehead atoms. The number of hydrogen-bond acceptors (Lipinski definition) is 5. The molecule has 0 spiro atoms. The molecular weight excluding hydrogens is 287 g/mol. The van der Waals surface area contributed by atoms with Crippen LogP contribution >= 0.6 is 11.3 Å². The number of rotatable bonds is 3.